The number of nitrogens with one attached hydrogen (secondary N) is 1. The number of ether oxygens (including phenoxy) is 2. The molecule has 1 aromatic rings. The number of H-pyrrole nitrogens is 1. The number of halogens is 1. The maximum absolute atomic E-state index is 12.0. The predicted molar refractivity (Wildman–Crippen MR) is 94.3 cm³/mol. The second-order valence-corrected chi connectivity index (χ2v) is 6.29. The molecular weight excluding hydrogens is 396 g/mol. The lowest BCUT2D eigenvalue weighted by atomic mass is 10.2. The lowest BCUT2D eigenvalue weighted by molar-refractivity contribution is -0.150. The number of unbranched alkanes of at least 4 members (excludes halogenated alkanes) is 1. The largest absolute Gasteiger partial charge is 0.463 e. The molecular formula is C16H21BrN2O6. The Morgan fingerprint density at radius 3 is 3.00 bits per heavy atom. The Bertz CT molecular complexity index is 741. The van der Waals surface area contributed by atoms with Gasteiger partial charge >= 0.3 is 11.7 Å². The first-order chi connectivity index (χ1) is 12.0. The topological polar surface area (TPSA) is 111 Å². The molecule has 138 valence electrons. The van der Waals surface area contributed by atoms with Crippen LogP contribution in [0, 0.1) is 0 Å². The van der Waals surface area contributed by atoms with Gasteiger partial charge in [0.1, 0.15) is 18.9 Å². The van der Waals surface area contributed by atoms with Crippen LogP contribution in [0.25, 0.3) is 6.08 Å². The van der Waals surface area contributed by atoms with Crippen molar-refractivity contribution in [1.82, 2.24) is 9.55 Å². The van der Waals surface area contributed by atoms with Gasteiger partial charge < -0.3 is 14.6 Å². The average Bonchev–Trinajstić information content (AvgIpc) is 2.94. The number of esters is 1. The number of aromatic nitrogens is 2. The van der Waals surface area contributed by atoms with E-state index in [-0.39, 0.29) is 24.6 Å². The van der Waals surface area contributed by atoms with Crippen LogP contribution in [0.1, 0.15) is 44.4 Å². The van der Waals surface area contributed by atoms with Crippen LogP contribution in [-0.4, -0.2) is 39.4 Å². The minimum Gasteiger partial charge on any atom is -0.463 e. The Morgan fingerprint density at radius 2 is 2.32 bits per heavy atom. The molecule has 0 amide bonds. The van der Waals surface area contributed by atoms with E-state index >= 15 is 0 Å². The lowest BCUT2D eigenvalue weighted by Gasteiger charge is -2.16. The minimum atomic E-state index is -0.877. The molecule has 9 heteroatoms. The summed E-state index contributed by atoms with van der Waals surface area (Å²) in [6.07, 6.45) is 2.62. The van der Waals surface area contributed by atoms with Crippen molar-refractivity contribution < 1.29 is 19.4 Å². The molecule has 3 atom stereocenters. The Morgan fingerprint density at radius 1 is 1.56 bits per heavy atom. The molecule has 0 unspecified atom stereocenters. The van der Waals surface area contributed by atoms with Crippen LogP contribution in [0.2, 0.25) is 0 Å². The molecule has 2 heterocycles. The molecule has 0 radical (unpaired) electrons. The second kappa shape index (κ2) is 9.12. The summed E-state index contributed by atoms with van der Waals surface area (Å²) in [6.45, 7) is 1.90. The average molecular weight is 417 g/mol. The van der Waals surface area contributed by atoms with Crippen LogP contribution < -0.4 is 11.2 Å². The van der Waals surface area contributed by atoms with E-state index in [9.17, 15) is 19.5 Å². The van der Waals surface area contributed by atoms with Crippen molar-refractivity contribution in [2.24, 2.45) is 0 Å². The summed E-state index contributed by atoms with van der Waals surface area (Å²) in [5.74, 6) is -0.341. The predicted octanol–water partition coefficient (Wildman–Crippen LogP) is 1.28. The molecule has 1 aromatic heterocycles. The number of rotatable bonds is 7. The maximum Gasteiger partial charge on any atom is 0.330 e. The number of carbonyl (C=O) groups excluding carboxylic acids is 1. The number of carbonyl (C=O) groups is 1. The Balaban J connectivity index is 2.06. The minimum absolute atomic E-state index is 0.0769. The molecule has 25 heavy (non-hydrogen) atoms. The van der Waals surface area contributed by atoms with Gasteiger partial charge in [0, 0.05) is 19.0 Å². The summed E-state index contributed by atoms with van der Waals surface area (Å²) in [5.41, 5.74) is -0.879. The van der Waals surface area contributed by atoms with Crippen LogP contribution in [0.4, 0.5) is 0 Å². The van der Waals surface area contributed by atoms with Crippen molar-refractivity contribution in [3.05, 3.63) is 37.6 Å². The monoisotopic (exact) mass is 416 g/mol. The van der Waals surface area contributed by atoms with E-state index in [4.69, 9.17) is 9.47 Å². The van der Waals surface area contributed by atoms with E-state index in [1.54, 1.807) is 0 Å². The van der Waals surface area contributed by atoms with Gasteiger partial charge in [-0.2, -0.15) is 0 Å². The molecule has 0 aliphatic carbocycles. The van der Waals surface area contributed by atoms with Gasteiger partial charge in [0.15, 0.2) is 0 Å². The fraction of sp³-hybridized carbons (Fsp3) is 0.562. The van der Waals surface area contributed by atoms with Crippen molar-refractivity contribution in [3.63, 3.8) is 0 Å². The van der Waals surface area contributed by atoms with Crippen LogP contribution in [0.3, 0.4) is 0 Å². The third-order valence-electron chi connectivity index (χ3n) is 3.90. The van der Waals surface area contributed by atoms with Gasteiger partial charge in [-0.15, -0.1) is 0 Å². The normalized spacial score (nSPS) is 23.2. The third-order valence-corrected chi connectivity index (χ3v) is 4.16. The van der Waals surface area contributed by atoms with Gasteiger partial charge in [-0.1, -0.05) is 29.3 Å². The zero-order chi connectivity index (χ0) is 18.4. The number of aromatic amines is 1. The number of hydrogen-bond donors (Lipinski definition) is 2. The van der Waals surface area contributed by atoms with E-state index < -0.39 is 29.7 Å². The number of nitrogens with zero attached hydrogens (tertiary/aromatic N) is 1. The van der Waals surface area contributed by atoms with Gasteiger partial charge in [-0.3, -0.25) is 19.1 Å². The summed E-state index contributed by atoms with van der Waals surface area (Å²) in [4.78, 5) is 39.0. The quantitative estimate of drug-likeness (QED) is 0.647. The molecule has 0 bridgehead atoms. The fourth-order valence-corrected chi connectivity index (χ4v) is 2.79. The van der Waals surface area contributed by atoms with Crippen molar-refractivity contribution in [1.29, 1.82) is 0 Å². The standard InChI is InChI=1S/C16H21BrN2O6/c1-2-3-4-14(21)24-9-12-11(20)7-13(25-12)19-8-10(5-6-17)15(22)18-16(19)23/h5-6,8,11-13,20H,2-4,7,9H2,1H3,(H,18,22,23)/b6-5+/t11-,12+,13+/m0/s1. The van der Waals surface area contributed by atoms with Crippen LogP contribution in [0.5, 0.6) is 0 Å². The number of aliphatic hydroxyl groups excluding tert-OH is 1. The smallest absolute Gasteiger partial charge is 0.330 e. The highest BCUT2D eigenvalue weighted by Gasteiger charge is 2.36. The zero-order valence-electron chi connectivity index (χ0n) is 13.8. The third kappa shape index (κ3) is 5.13. The highest BCUT2D eigenvalue weighted by Crippen LogP contribution is 2.28. The Kier molecular flexibility index (Phi) is 7.15. The molecule has 1 saturated heterocycles. The summed E-state index contributed by atoms with van der Waals surface area (Å²) in [7, 11) is 0. The molecule has 2 rings (SSSR count). The van der Waals surface area contributed by atoms with Gasteiger partial charge in [-0.25, -0.2) is 4.79 Å². The first-order valence-corrected chi connectivity index (χ1v) is 8.99. The van der Waals surface area contributed by atoms with Crippen molar-refractivity contribution in [2.45, 2.75) is 51.0 Å². The molecule has 2 N–H and O–H groups in total. The Hall–Kier alpha value is -1.71. The van der Waals surface area contributed by atoms with E-state index in [2.05, 4.69) is 20.9 Å². The SMILES string of the molecule is CCCCC(=O)OC[C@H]1O[C@@H](n2cc(/C=C/Br)c(=O)[nH]c2=O)C[C@@H]1O. The van der Waals surface area contributed by atoms with Crippen LogP contribution in [-0.2, 0) is 14.3 Å². The molecule has 8 nitrogen and oxygen atoms in total. The molecule has 0 spiro atoms. The summed E-state index contributed by atoms with van der Waals surface area (Å²) in [5, 5.41) is 10.1. The summed E-state index contributed by atoms with van der Waals surface area (Å²) >= 11 is 3.08. The fourth-order valence-electron chi connectivity index (χ4n) is 2.51. The highest BCUT2D eigenvalue weighted by molar-refractivity contribution is 9.11. The van der Waals surface area contributed by atoms with E-state index in [1.807, 2.05) is 6.92 Å². The maximum atomic E-state index is 12.0. The first kappa shape index (κ1) is 19.6. The van der Waals surface area contributed by atoms with Gasteiger partial charge in [0.2, 0.25) is 0 Å². The highest BCUT2D eigenvalue weighted by atomic mass is 79.9. The van der Waals surface area contributed by atoms with Gasteiger partial charge in [-0.05, 0) is 17.5 Å². The number of hydrogen-bond acceptors (Lipinski definition) is 6. The Labute approximate surface area is 152 Å². The molecule has 0 aromatic carbocycles. The second-order valence-electron chi connectivity index (χ2n) is 5.76. The van der Waals surface area contributed by atoms with Crippen molar-refractivity contribution in [3.8, 4) is 0 Å². The van der Waals surface area contributed by atoms with E-state index in [0.29, 0.717) is 6.42 Å². The van der Waals surface area contributed by atoms with E-state index in [1.165, 1.54) is 21.8 Å². The van der Waals surface area contributed by atoms with Crippen molar-refractivity contribution >= 4 is 28.0 Å². The summed E-state index contributed by atoms with van der Waals surface area (Å²) < 4.78 is 12.0. The van der Waals surface area contributed by atoms with Crippen molar-refractivity contribution in [2.75, 3.05) is 6.61 Å². The lowest BCUT2D eigenvalue weighted by Crippen LogP contribution is -2.33. The van der Waals surface area contributed by atoms with Crippen LogP contribution >= 0.6 is 15.9 Å². The summed E-state index contributed by atoms with van der Waals surface area (Å²) in [6, 6.07) is 0. The molecule has 1 aliphatic heterocycles. The zero-order valence-corrected chi connectivity index (χ0v) is 15.4. The first-order valence-electron chi connectivity index (χ1n) is 8.07. The van der Waals surface area contributed by atoms with Crippen LogP contribution in [0.15, 0.2) is 20.8 Å². The van der Waals surface area contributed by atoms with Gasteiger partial charge in [0.25, 0.3) is 5.56 Å². The molecule has 0 saturated carbocycles. The molecule has 1 aliphatic rings. The van der Waals surface area contributed by atoms with Gasteiger partial charge in [0.05, 0.1) is 11.7 Å². The molecule has 1 fully saturated rings. The van der Waals surface area contributed by atoms with E-state index in [0.717, 1.165) is 12.8 Å². The number of aliphatic hydroxyl groups is 1.